The number of aryl methyl sites for hydroxylation is 1. The fraction of sp³-hybridized carbons (Fsp3) is 0.467. The molecule has 1 fully saturated rings. The van der Waals surface area contributed by atoms with Crippen molar-refractivity contribution in [1.82, 2.24) is 15.5 Å². The van der Waals surface area contributed by atoms with Gasteiger partial charge in [-0.15, -0.1) is 0 Å². The minimum atomic E-state index is -0.472. The number of nitrogens with zero attached hydrogens (tertiary/aromatic N) is 1. The summed E-state index contributed by atoms with van der Waals surface area (Å²) in [6, 6.07) is 7.40. The Morgan fingerprint density at radius 2 is 2.14 bits per heavy atom. The maximum Gasteiger partial charge on any atom is 0.314 e. The average Bonchev–Trinajstić information content (AvgIpc) is 2.91. The highest BCUT2D eigenvalue weighted by Crippen LogP contribution is 2.30. The van der Waals surface area contributed by atoms with E-state index in [9.17, 15) is 9.59 Å². The highest BCUT2D eigenvalue weighted by atomic mass is 16.2. The van der Waals surface area contributed by atoms with Crippen molar-refractivity contribution in [3.05, 3.63) is 35.4 Å². The van der Waals surface area contributed by atoms with Crippen LogP contribution in [0.1, 0.15) is 23.6 Å². The van der Waals surface area contributed by atoms with Gasteiger partial charge >= 0.3 is 6.03 Å². The minimum Gasteiger partial charge on any atom is -0.351 e. The highest BCUT2D eigenvalue weighted by molar-refractivity contribution is 5.83. The normalized spacial score (nSPS) is 24.5. The second kappa shape index (κ2) is 5.73. The molecule has 1 aromatic carbocycles. The molecule has 1 aliphatic carbocycles. The number of rotatable bonds is 2. The number of fused-ring (bicyclic) bond motifs is 1. The molecule has 6 nitrogen and oxygen atoms in total. The molecule has 0 radical (unpaired) electrons. The summed E-state index contributed by atoms with van der Waals surface area (Å²) in [6.45, 7) is 1.46. The van der Waals surface area contributed by atoms with Crippen LogP contribution < -0.4 is 16.4 Å². The predicted molar refractivity (Wildman–Crippen MR) is 78.6 cm³/mol. The van der Waals surface area contributed by atoms with Crippen LogP contribution in [0.5, 0.6) is 0 Å². The van der Waals surface area contributed by atoms with Crippen LogP contribution >= 0.6 is 0 Å². The van der Waals surface area contributed by atoms with Gasteiger partial charge in [0.1, 0.15) is 6.04 Å². The van der Waals surface area contributed by atoms with E-state index in [-0.39, 0.29) is 18.0 Å². The van der Waals surface area contributed by atoms with Gasteiger partial charge in [-0.05, 0) is 24.0 Å². The van der Waals surface area contributed by atoms with Gasteiger partial charge in [0.15, 0.2) is 0 Å². The smallest absolute Gasteiger partial charge is 0.314 e. The molecule has 2 atom stereocenters. The molecule has 6 heteroatoms. The molecule has 21 heavy (non-hydrogen) atoms. The van der Waals surface area contributed by atoms with E-state index >= 15 is 0 Å². The van der Waals surface area contributed by atoms with Gasteiger partial charge in [-0.1, -0.05) is 24.3 Å². The van der Waals surface area contributed by atoms with Crippen LogP contribution in [0.2, 0.25) is 0 Å². The number of amides is 3. The van der Waals surface area contributed by atoms with E-state index in [0.29, 0.717) is 19.6 Å². The fourth-order valence-corrected chi connectivity index (χ4v) is 3.11. The van der Waals surface area contributed by atoms with Crippen LogP contribution in [0.15, 0.2) is 24.3 Å². The highest BCUT2D eigenvalue weighted by Gasteiger charge is 2.30. The Labute approximate surface area is 123 Å². The van der Waals surface area contributed by atoms with Crippen molar-refractivity contribution < 1.29 is 9.59 Å². The van der Waals surface area contributed by atoms with E-state index in [2.05, 4.69) is 22.8 Å². The number of carbonyl (C=O) groups excluding carboxylic acids is 2. The third-order valence-corrected chi connectivity index (χ3v) is 4.25. The van der Waals surface area contributed by atoms with Crippen LogP contribution in [0, 0.1) is 0 Å². The molecule has 1 unspecified atom stereocenters. The maximum atomic E-state index is 12.4. The molecule has 0 bridgehead atoms. The molecule has 1 aliphatic heterocycles. The number of nitrogens with one attached hydrogen (secondary N) is 2. The molecule has 3 rings (SSSR count). The Hall–Kier alpha value is -2.08. The van der Waals surface area contributed by atoms with Crippen molar-refractivity contribution in [3.8, 4) is 0 Å². The number of hydrogen-bond donors (Lipinski definition) is 3. The number of nitrogens with two attached hydrogens (primary N) is 1. The van der Waals surface area contributed by atoms with Gasteiger partial charge < -0.3 is 21.3 Å². The Balaban J connectivity index is 1.63. The van der Waals surface area contributed by atoms with Gasteiger partial charge in [-0.3, -0.25) is 4.79 Å². The first-order chi connectivity index (χ1) is 10.1. The third-order valence-electron chi connectivity index (χ3n) is 4.25. The third kappa shape index (κ3) is 2.85. The molecular formula is C15H20N4O2. The zero-order valence-electron chi connectivity index (χ0n) is 11.8. The minimum absolute atomic E-state index is 0.0670. The topological polar surface area (TPSA) is 87.5 Å². The summed E-state index contributed by atoms with van der Waals surface area (Å²) in [6.07, 6.45) is 1.92. The van der Waals surface area contributed by atoms with Crippen molar-refractivity contribution in [2.24, 2.45) is 5.73 Å². The van der Waals surface area contributed by atoms with Gasteiger partial charge in [-0.25, -0.2) is 4.79 Å². The summed E-state index contributed by atoms with van der Waals surface area (Å²) in [4.78, 5) is 25.1. The molecular weight excluding hydrogens is 268 g/mol. The van der Waals surface area contributed by atoms with E-state index in [1.165, 1.54) is 16.0 Å². The number of benzene rings is 1. The Morgan fingerprint density at radius 1 is 1.33 bits per heavy atom. The molecule has 0 aromatic heterocycles. The van der Waals surface area contributed by atoms with E-state index in [1.807, 2.05) is 12.1 Å². The molecule has 4 N–H and O–H groups in total. The van der Waals surface area contributed by atoms with Crippen molar-refractivity contribution in [3.63, 3.8) is 0 Å². The lowest BCUT2D eigenvalue weighted by Gasteiger charge is -2.32. The molecule has 1 heterocycles. The summed E-state index contributed by atoms with van der Waals surface area (Å²) in [5, 5.41) is 6.22. The lowest BCUT2D eigenvalue weighted by atomic mass is 10.1. The molecule has 2 aliphatic rings. The summed E-state index contributed by atoms with van der Waals surface area (Å²) >= 11 is 0. The van der Waals surface area contributed by atoms with Crippen LogP contribution in [-0.2, 0) is 11.2 Å². The molecule has 0 saturated carbocycles. The van der Waals surface area contributed by atoms with Gasteiger partial charge in [0, 0.05) is 19.6 Å². The summed E-state index contributed by atoms with van der Waals surface area (Å²) in [5.74, 6) is -0.0670. The number of piperazine rings is 1. The molecule has 3 amide bonds. The number of carbonyl (C=O) groups is 2. The van der Waals surface area contributed by atoms with E-state index in [0.717, 1.165) is 12.8 Å². The number of hydrogen-bond acceptors (Lipinski definition) is 3. The standard InChI is InChI=1S/C15H20N4O2/c16-15(21)19-8-7-17-13(9-19)14(20)18-12-6-5-10-3-1-2-4-11(10)12/h1-4,12-13,17H,5-9H2,(H2,16,21)(H,18,20)/t12-,13?/m1/s1. The van der Waals surface area contributed by atoms with Gasteiger partial charge in [0.25, 0.3) is 0 Å². The zero-order valence-corrected chi connectivity index (χ0v) is 11.8. The summed E-state index contributed by atoms with van der Waals surface area (Å²) < 4.78 is 0. The lowest BCUT2D eigenvalue weighted by molar-refractivity contribution is -0.124. The Morgan fingerprint density at radius 3 is 2.95 bits per heavy atom. The zero-order chi connectivity index (χ0) is 14.8. The van der Waals surface area contributed by atoms with Crippen molar-refractivity contribution in [2.45, 2.75) is 24.9 Å². The van der Waals surface area contributed by atoms with Gasteiger partial charge in [0.05, 0.1) is 6.04 Å². The molecule has 1 aromatic rings. The van der Waals surface area contributed by atoms with Crippen molar-refractivity contribution in [1.29, 1.82) is 0 Å². The van der Waals surface area contributed by atoms with Crippen LogP contribution in [0.4, 0.5) is 4.79 Å². The fourth-order valence-electron chi connectivity index (χ4n) is 3.11. The van der Waals surface area contributed by atoms with Crippen molar-refractivity contribution in [2.75, 3.05) is 19.6 Å². The average molecular weight is 288 g/mol. The second-order valence-electron chi connectivity index (χ2n) is 5.59. The quantitative estimate of drug-likeness (QED) is 0.723. The molecule has 0 spiro atoms. The summed E-state index contributed by atoms with van der Waals surface area (Å²) in [5.41, 5.74) is 7.79. The van der Waals surface area contributed by atoms with Gasteiger partial charge in [0.2, 0.25) is 5.91 Å². The van der Waals surface area contributed by atoms with E-state index in [4.69, 9.17) is 5.73 Å². The Bertz CT molecular complexity index is 560. The summed E-state index contributed by atoms with van der Waals surface area (Å²) in [7, 11) is 0. The largest absolute Gasteiger partial charge is 0.351 e. The monoisotopic (exact) mass is 288 g/mol. The van der Waals surface area contributed by atoms with Crippen molar-refractivity contribution >= 4 is 11.9 Å². The van der Waals surface area contributed by atoms with E-state index in [1.54, 1.807) is 0 Å². The molecule has 1 saturated heterocycles. The second-order valence-corrected chi connectivity index (χ2v) is 5.59. The lowest BCUT2D eigenvalue weighted by Crippen LogP contribution is -2.59. The first-order valence-electron chi connectivity index (χ1n) is 7.31. The maximum absolute atomic E-state index is 12.4. The van der Waals surface area contributed by atoms with Gasteiger partial charge in [-0.2, -0.15) is 0 Å². The van der Waals surface area contributed by atoms with Crippen LogP contribution in [-0.4, -0.2) is 42.5 Å². The number of urea groups is 1. The first kappa shape index (κ1) is 13.9. The Kier molecular flexibility index (Phi) is 3.79. The first-order valence-corrected chi connectivity index (χ1v) is 7.31. The predicted octanol–water partition coefficient (Wildman–Crippen LogP) is 0.143. The number of primary amides is 1. The van der Waals surface area contributed by atoms with E-state index < -0.39 is 6.03 Å². The van der Waals surface area contributed by atoms with Crippen LogP contribution in [0.3, 0.4) is 0 Å². The molecule has 112 valence electrons. The SMILES string of the molecule is NC(=O)N1CCNC(C(=O)N[C@@H]2CCc3ccccc32)C1. The van der Waals surface area contributed by atoms with Crippen LogP contribution in [0.25, 0.3) is 0 Å².